The SMILES string of the molecule is O=C(Nc1ccc(-n2cccn2)cc1)c1ccc(OC(F)F)cc1. The van der Waals surface area contributed by atoms with Crippen molar-refractivity contribution in [2.75, 3.05) is 5.32 Å². The van der Waals surface area contributed by atoms with E-state index in [1.54, 1.807) is 23.0 Å². The zero-order valence-corrected chi connectivity index (χ0v) is 12.4. The van der Waals surface area contributed by atoms with Crippen LogP contribution in [0.5, 0.6) is 5.75 Å². The van der Waals surface area contributed by atoms with E-state index in [1.807, 2.05) is 24.4 Å². The molecule has 0 saturated carbocycles. The van der Waals surface area contributed by atoms with Gasteiger partial charge in [0, 0.05) is 23.6 Å². The molecule has 0 aliphatic rings. The molecular weight excluding hydrogens is 316 g/mol. The Morgan fingerprint density at radius 2 is 1.79 bits per heavy atom. The molecule has 0 radical (unpaired) electrons. The Morgan fingerprint density at radius 3 is 2.38 bits per heavy atom. The van der Waals surface area contributed by atoms with Gasteiger partial charge in [-0.2, -0.15) is 13.9 Å². The van der Waals surface area contributed by atoms with Gasteiger partial charge in [0.25, 0.3) is 5.91 Å². The number of hydrogen-bond donors (Lipinski definition) is 1. The minimum absolute atomic E-state index is 0.00475. The number of amides is 1. The Hall–Kier alpha value is -3.22. The van der Waals surface area contributed by atoms with Crippen LogP contribution in [0.25, 0.3) is 5.69 Å². The molecule has 1 amide bonds. The lowest BCUT2D eigenvalue weighted by Gasteiger charge is -2.08. The average Bonchev–Trinajstić information content (AvgIpc) is 3.10. The van der Waals surface area contributed by atoms with Crippen molar-refractivity contribution >= 4 is 11.6 Å². The van der Waals surface area contributed by atoms with Crippen LogP contribution in [0.3, 0.4) is 0 Å². The van der Waals surface area contributed by atoms with E-state index in [0.29, 0.717) is 11.3 Å². The highest BCUT2D eigenvalue weighted by Crippen LogP contribution is 2.17. The van der Waals surface area contributed by atoms with Gasteiger partial charge in [0.05, 0.1) is 5.69 Å². The number of anilines is 1. The van der Waals surface area contributed by atoms with Gasteiger partial charge in [0.15, 0.2) is 0 Å². The van der Waals surface area contributed by atoms with Crippen molar-refractivity contribution in [3.63, 3.8) is 0 Å². The zero-order valence-electron chi connectivity index (χ0n) is 12.4. The number of aromatic nitrogens is 2. The van der Waals surface area contributed by atoms with E-state index in [4.69, 9.17) is 0 Å². The van der Waals surface area contributed by atoms with Gasteiger partial charge >= 0.3 is 6.61 Å². The van der Waals surface area contributed by atoms with Crippen molar-refractivity contribution in [2.45, 2.75) is 6.61 Å². The minimum Gasteiger partial charge on any atom is -0.435 e. The largest absolute Gasteiger partial charge is 0.435 e. The third-order valence-corrected chi connectivity index (χ3v) is 3.24. The molecule has 122 valence electrons. The van der Waals surface area contributed by atoms with Gasteiger partial charge in [-0.15, -0.1) is 0 Å². The van der Waals surface area contributed by atoms with Gasteiger partial charge in [-0.05, 0) is 54.6 Å². The predicted octanol–water partition coefficient (Wildman–Crippen LogP) is 3.73. The molecule has 0 unspecified atom stereocenters. The zero-order chi connectivity index (χ0) is 16.9. The molecule has 0 aliphatic carbocycles. The highest BCUT2D eigenvalue weighted by atomic mass is 19.3. The quantitative estimate of drug-likeness (QED) is 0.776. The van der Waals surface area contributed by atoms with Crippen LogP contribution in [0.4, 0.5) is 14.5 Å². The standard InChI is InChI=1S/C17H13F2N3O2/c18-17(19)24-15-8-2-12(3-9-15)16(23)21-13-4-6-14(7-5-13)22-11-1-10-20-22/h1-11,17H,(H,21,23). The van der Waals surface area contributed by atoms with E-state index < -0.39 is 6.61 Å². The summed E-state index contributed by atoms with van der Waals surface area (Å²) in [5.74, 6) is -0.337. The van der Waals surface area contributed by atoms with Crippen molar-refractivity contribution in [1.82, 2.24) is 9.78 Å². The smallest absolute Gasteiger partial charge is 0.387 e. The topological polar surface area (TPSA) is 56.2 Å². The number of ether oxygens (including phenoxy) is 1. The van der Waals surface area contributed by atoms with E-state index in [1.165, 1.54) is 24.3 Å². The van der Waals surface area contributed by atoms with Gasteiger partial charge < -0.3 is 10.1 Å². The Morgan fingerprint density at radius 1 is 1.08 bits per heavy atom. The van der Waals surface area contributed by atoms with Gasteiger partial charge in [-0.3, -0.25) is 4.79 Å². The van der Waals surface area contributed by atoms with E-state index >= 15 is 0 Å². The second-order valence-corrected chi connectivity index (χ2v) is 4.85. The minimum atomic E-state index is -2.89. The van der Waals surface area contributed by atoms with Gasteiger partial charge in [-0.25, -0.2) is 4.68 Å². The lowest BCUT2D eigenvalue weighted by molar-refractivity contribution is -0.0498. The van der Waals surface area contributed by atoms with Crippen LogP contribution >= 0.6 is 0 Å². The summed E-state index contributed by atoms with van der Waals surface area (Å²) >= 11 is 0. The summed E-state index contributed by atoms with van der Waals surface area (Å²) in [5.41, 5.74) is 1.82. The number of nitrogens with one attached hydrogen (secondary N) is 1. The third-order valence-electron chi connectivity index (χ3n) is 3.24. The maximum atomic E-state index is 12.1. The van der Waals surface area contributed by atoms with Gasteiger partial charge in [0.1, 0.15) is 5.75 Å². The summed E-state index contributed by atoms with van der Waals surface area (Å²) in [6.45, 7) is -2.89. The highest BCUT2D eigenvalue weighted by Gasteiger charge is 2.08. The van der Waals surface area contributed by atoms with E-state index in [9.17, 15) is 13.6 Å². The molecule has 3 aromatic rings. The summed E-state index contributed by atoms with van der Waals surface area (Å²) in [6.07, 6.45) is 3.49. The van der Waals surface area contributed by atoms with Crippen LogP contribution in [0.1, 0.15) is 10.4 Å². The molecule has 0 atom stereocenters. The lowest BCUT2D eigenvalue weighted by atomic mass is 10.2. The molecule has 0 bridgehead atoms. The van der Waals surface area contributed by atoms with E-state index in [-0.39, 0.29) is 11.7 Å². The van der Waals surface area contributed by atoms with Crippen LogP contribution in [0, 0.1) is 0 Å². The van der Waals surface area contributed by atoms with Crippen molar-refractivity contribution in [3.8, 4) is 11.4 Å². The summed E-state index contributed by atoms with van der Waals surface area (Å²) in [5, 5.41) is 6.85. The van der Waals surface area contributed by atoms with Gasteiger partial charge in [0.2, 0.25) is 0 Å². The molecule has 1 heterocycles. The molecule has 0 aliphatic heterocycles. The molecule has 2 aromatic carbocycles. The van der Waals surface area contributed by atoms with Crippen LogP contribution < -0.4 is 10.1 Å². The number of benzene rings is 2. The molecule has 24 heavy (non-hydrogen) atoms. The van der Waals surface area contributed by atoms with E-state index in [2.05, 4.69) is 15.2 Å². The summed E-state index contributed by atoms with van der Waals surface area (Å²) in [6, 6.07) is 14.5. The first-order chi connectivity index (χ1) is 11.6. The molecule has 1 N–H and O–H groups in total. The Balaban J connectivity index is 1.66. The normalized spacial score (nSPS) is 10.6. The van der Waals surface area contributed by atoms with Crippen molar-refractivity contribution in [2.24, 2.45) is 0 Å². The molecule has 0 fully saturated rings. The maximum absolute atomic E-state index is 12.1. The van der Waals surface area contributed by atoms with Crippen LogP contribution in [0.2, 0.25) is 0 Å². The molecule has 1 aromatic heterocycles. The van der Waals surface area contributed by atoms with E-state index in [0.717, 1.165) is 5.69 Å². The summed E-state index contributed by atoms with van der Waals surface area (Å²) in [4.78, 5) is 12.1. The number of carbonyl (C=O) groups excluding carboxylic acids is 1. The fraction of sp³-hybridized carbons (Fsp3) is 0.0588. The van der Waals surface area contributed by atoms with Crippen molar-refractivity contribution < 1.29 is 18.3 Å². The average molecular weight is 329 g/mol. The fourth-order valence-corrected chi connectivity index (χ4v) is 2.11. The van der Waals surface area contributed by atoms with Crippen molar-refractivity contribution in [3.05, 3.63) is 72.6 Å². The lowest BCUT2D eigenvalue weighted by Crippen LogP contribution is -2.12. The number of halogens is 2. The molecule has 7 heteroatoms. The van der Waals surface area contributed by atoms with Crippen molar-refractivity contribution in [1.29, 1.82) is 0 Å². The van der Waals surface area contributed by atoms with Crippen LogP contribution in [-0.2, 0) is 0 Å². The maximum Gasteiger partial charge on any atom is 0.387 e. The highest BCUT2D eigenvalue weighted by molar-refractivity contribution is 6.04. The second kappa shape index (κ2) is 6.91. The number of alkyl halides is 2. The first-order valence-electron chi connectivity index (χ1n) is 7.08. The van der Waals surface area contributed by atoms with Gasteiger partial charge in [-0.1, -0.05) is 0 Å². The molecule has 5 nitrogen and oxygen atoms in total. The van der Waals surface area contributed by atoms with Crippen LogP contribution in [-0.4, -0.2) is 22.3 Å². The number of carbonyl (C=O) groups is 1. The number of nitrogens with zero attached hydrogens (tertiary/aromatic N) is 2. The first-order valence-corrected chi connectivity index (χ1v) is 7.08. The second-order valence-electron chi connectivity index (χ2n) is 4.85. The Labute approximate surface area is 136 Å². The number of hydrogen-bond acceptors (Lipinski definition) is 3. The molecular formula is C17H13F2N3O2. The summed E-state index contributed by atoms with van der Waals surface area (Å²) < 4.78 is 30.1. The fourth-order valence-electron chi connectivity index (χ4n) is 2.11. The molecule has 3 rings (SSSR count). The predicted molar refractivity (Wildman–Crippen MR) is 84.6 cm³/mol. The summed E-state index contributed by atoms with van der Waals surface area (Å²) in [7, 11) is 0. The Kier molecular flexibility index (Phi) is 4.51. The first kappa shape index (κ1) is 15.7. The number of rotatable bonds is 5. The Bertz CT molecular complexity index is 801. The molecule has 0 saturated heterocycles. The molecule has 0 spiro atoms. The third kappa shape index (κ3) is 3.75. The monoisotopic (exact) mass is 329 g/mol. The van der Waals surface area contributed by atoms with Crippen LogP contribution in [0.15, 0.2) is 67.0 Å².